The highest BCUT2D eigenvalue weighted by molar-refractivity contribution is 7.93. The average molecular weight is 1130 g/mol. The third-order valence-corrected chi connectivity index (χ3v) is 20.6. The van der Waals surface area contributed by atoms with E-state index in [-0.39, 0.29) is 11.5 Å². The molecular formula is C48H58Cl4N2O12S4. The fraction of sp³-hybridized carbons (Fsp3) is 0.500. The predicted octanol–water partition coefficient (Wildman–Crippen LogP) is 11.1. The highest BCUT2D eigenvalue weighted by atomic mass is 35.5. The topological polar surface area (TPSA) is 202 Å². The number of thiophene rings is 2. The summed E-state index contributed by atoms with van der Waals surface area (Å²) in [5, 5.41) is 19.8. The number of hydrogen-bond acceptors (Lipinski definition) is 12. The number of carbonyl (C=O) groups is 4. The zero-order chi connectivity index (χ0) is 52.3. The molecule has 4 aromatic rings. The Morgan fingerprint density at radius 2 is 0.957 bits per heavy atom. The molecule has 2 unspecified atom stereocenters. The van der Waals surface area contributed by atoms with Crippen LogP contribution in [-0.4, -0.2) is 106 Å². The Labute approximate surface area is 438 Å². The number of rotatable bonds is 16. The minimum atomic E-state index is -3.61. The second-order valence-corrected chi connectivity index (χ2v) is 28.9. The molecule has 2 amide bonds. The summed E-state index contributed by atoms with van der Waals surface area (Å²) in [6, 6.07) is 18.0. The molecule has 384 valence electrons. The van der Waals surface area contributed by atoms with Crippen LogP contribution in [0.5, 0.6) is 0 Å². The maximum Gasteiger partial charge on any atom is 0.306 e. The maximum absolute atomic E-state index is 13.7. The molecule has 22 heteroatoms. The molecule has 2 aromatic carbocycles. The molecule has 2 aliphatic heterocycles. The molecular weight excluding hydrogens is 1070 g/mol. The number of nitrogens with zero attached hydrogens (tertiary/aromatic N) is 2. The number of hydrogen-bond donors (Lipinski definition) is 2. The van der Waals surface area contributed by atoms with Gasteiger partial charge < -0.3 is 29.5 Å². The van der Waals surface area contributed by atoms with Gasteiger partial charge in [0.1, 0.15) is 24.4 Å². The van der Waals surface area contributed by atoms with Crippen molar-refractivity contribution >= 4 is 113 Å². The van der Waals surface area contributed by atoms with E-state index in [1.165, 1.54) is 32.5 Å². The van der Waals surface area contributed by atoms with Crippen LogP contribution in [0.1, 0.15) is 126 Å². The number of halogens is 4. The van der Waals surface area contributed by atoms with Gasteiger partial charge in [0.2, 0.25) is 0 Å². The van der Waals surface area contributed by atoms with Gasteiger partial charge in [-0.15, -0.1) is 22.7 Å². The highest BCUT2D eigenvalue weighted by Crippen LogP contribution is 2.49. The number of aliphatic carboxylic acids is 2. The van der Waals surface area contributed by atoms with Gasteiger partial charge >= 0.3 is 11.9 Å². The Bertz CT molecular complexity index is 2570. The molecule has 0 radical (unpaired) electrons. The second kappa shape index (κ2) is 23.3. The zero-order valence-corrected chi connectivity index (χ0v) is 46.1. The van der Waals surface area contributed by atoms with E-state index in [0.717, 1.165) is 0 Å². The molecule has 2 N–H and O–H groups in total. The molecule has 0 bridgehead atoms. The quantitative estimate of drug-likeness (QED) is 0.108. The Morgan fingerprint density at radius 1 is 0.614 bits per heavy atom. The molecule has 0 saturated carbocycles. The van der Waals surface area contributed by atoms with Crippen molar-refractivity contribution in [2.45, 2.75) is 139 Å². The largest absolute Gasteiger partial charge is 0.481 e. The van der Waals surface area contributed by atoms with Crippen molar-refractivity contribution in [1.82, 2.24) is 9.80 Å². The van der Waals surface area contributed by atoms with Crippen molar-refractivity contribution in [2.24, 2.45) is 0 Å². The molecule has 14 nitrogen and oxygen atoms in total. The van der Waals surface area contributed by atoms with Crippen LogP contribution in [0, 0.1) is 0 Å². The van der Waals surface area contributed by atoms with E-state index in [1.54, 1.807) is 114 Å². The lowest BCUT2D eigenvalue weighted by Gasteiger charge is -2.47. The lowest BCUT2D eigenvalue weighted by molar-refractivity contribution is -0.182. The summed E-state index contributed by atoms with van der Waals surface area (Å²) in [4.78, 5) is 55.0. The van der Waals surface area contributed by atoms with Crippen molar-refractivity contribution in [3.8, 4) is 0 Å². The zero-order valence-electron chi connectivity index (χ0n) is 39.8. The van der Waals surface area contributed by atoms with E-state index in [0.29, 0.717) is 52.4 Å². The molecule has 70 heavy (non-hydrogen) atoms. The monoisotopic (exact) mass is 1120 g/mol. The summed E-state index contributed by atoms with van der Waals surface area (Å²) in [7, 11) is -7.21. The van der Waals surface area contributed by atoms with Gasteiger partial charge in [0.05, 0.1) is 54.6 Å². The first-order valence-corrected chi connectivity index (χ1v) is 28.8. The number of benzene rings is 2. The maximum atomic E-state index is 13.7. The number of amides is 2. The molecule has 2 saturated heterocycles. The summed E-state index contributed by atoms with van der Waals surface area (Å²) < 4.78 is 63.9. The van der Waals surface area contributed by atoms with E-state index in [2.05, 4.69) is 0 Å². The lowest BCUT2D eigenvalue weighted by Crippen LogP contribution is -2.57. The van der Waals surface area contributed by atoms with E-state index < -0.39 is 114 Å². The normalized spacial score (nSPS) is 22.3. The molecule has 6 rings (SSSR count). The van der Waals surface area contributed by atoms with Gasteiger partial charge in [-0.3, -0.25) is 19.2 Å². The fourth-order valence-electron chi connectivity index (χ4n) is 8.15. The van der Waals surface area contributed by atoms with E-state index in [1.807, 2.05) is 13.8 Å². The minimum absolute atomic E-state index is 0.267. The summed E-state index contributed by atoms with van der Waals surface area (Å²) in [5.74, 6) is -4.04. The molecule has 0 aliphatic carbocycles. The minimum Gasteiger partial charge on any atom is -0.481 e. The highest BCUT2D eigenvalue weighted by Gasteiger charge is 2.51. The molecule has 8 atom stereocenters. The van der Waals surface area contributed by atoms with Crippen molar-refractivity contribution in [1.29, 1.82) is 0 Å². The molecule has 2 aromatic heterocycles. The smallest absolute Gasteiger partial charge is 0.306 e. The molecule has 0 spiro atoms. The number of carbonyl (C=O) groups excluding carboxylic acids is 2. The predicted molar refractivity (Wildman–Crippen MR) is 276 cm³/mol. The van der Waals surface area contributed by atoms with Crippen LogP contribution in [0.3, 0.4) is 0 Å². The van der Waals surface area contributed by atoms with Crippen LogP contribution in [0.15, 0.2) is 72.8 Å². The van der Waals surface area contributed by atoms with E-state index >= 15 is 0 Å². The first kappa shape index (κ1) is 57.6. The standard InChI is InChI=1S/2C24H29Cl2NO6S2/c2*1-5-16(13-35(31,32)24(2,3)4)27-21(18-9-10-19(26)34-18)22(14-7-6-8-15(25)11-14)33-17(23(27)30)12-20(28)29/h2*6-11,16-17,21-22H,5,12-13H2,1-4H3,(H,28,29)/t2*16-,17?,21+,22+/m00/s1. The van der Waals surface area contributed by atoms with Gasteiger partial charge in [0.25, 0.3) is 11.8 Å². The Balaban J connectivity index is 0.000000261. The molecule has 2 aliphatic rings. The van der Waals surface area contributed by atoms with Crippen LogP contribution in [0.4, 0.5) is 0 Å². The number of carboxylic acid groups (broad SMARTS) is 2. The van der Waals surface area contributed by atoms with E-state index in [9.17, 15) is 46.2 Å². The van der Waals surface area contributed by atoms with E-state index in [4.69, 9.17) is 55.9 Å². The number of morpholine rings is 2. The van der Waals surface area contributed by atoms with Gasteiger partial charge in [-0.2, -0.15) is 0 Å². The van der Waals surface area contributed by atoms with Gasteiger partial charge in [-0.05, 0) is 114 Å². The lowest BCUT2D eigenvalue weighted by atomic mass is 9.93. The van der Waals surface area contributed by atoms with Gasteiger partial charge in [-0.25, -0.2) is 16.8 Å². The summed E-state index contributed by atoms with van der Waals surface area (Å²) >= 11 is 27.5. The van der Waals surface area contributed by atoms with Crippen LogP contribution >= 0.6 is 69.1 Å². The van der Waals surface area contributed by atoms with Crippen LogP contribution in [0.2, 0.25) is 18.7 Å². The Hall–Kier alpha value is -3.30. The first-order chi connectivity index (χ1) is 32.5. The SMILES string of the molecule is CC[C@@H](CS(=O)(=O)C(C)(C)C)N1C(=O)C(CC(=O)O)O[C@H](c2cccc(Cl)c2)[C@H]1c1ccc(Cl)s1.CC[C@@H](CS(=O)(=O)C(C)(C)C)N1C(=O)C(CC(=O)O)O[C@H](c2cccc(Cl)c2)[C@H]1c1ccc(Cl)s1. The van der Waals surface area contributed by atoms with Crippen molar-refractivity contribution in [3.05, 3.63) is 112 Å². The van der Waals surface area contributed by atoms with Crippen LogP contribution in [0.25, 0.3) is 0 Å². The molecule has 2 fully saturated rings. The fourth-order valence-corrected chi connectivity index (χ4v) is 13.7. The summed E-state index contributed by atoms with van der Waals surface area (Å²) in [6.45, 7) is 13.3. The number of carboxylic acids is 2. The Kier molecular flexibility index (Phi) is 19.2. The third-order valence-electron chi connectivity index (χ3n) is 12.1. The van der Waals surface area contributed by atoms with Crippen molar-refractivity contribution in [3.63, 3.8) is 0 Å². The van der Waals surface area contributed by atoms with Gasteiger partial charge in [0.15, 0.2) is 19.7 Å². The van der Waals surface area contributed by atoms with Gasteiger partial charge in [-0.1, -0.05) is 84.5 Å². The van der Waals surface area contributed by atoms with Crippen molar-refractivity contribution in [2.75, 3.05) is 11.5 Å². The molecule has 4 heterocycles. The van der Waals surface area contributed by atoms with Gasteiger partial charge in [0, 0.05) is 31.9 Å². The van der Waals surface area contributed by atoms with Crippen LogP contribution < -0.4 is 0 Å². The summed E-state index contributed by atoms with van der Waals surface area (Å²) in [6.07, 6.45) is -4.53. The second-order valence-electron chi connectivity index (χ2n) is 19.0. The number of sulfone groups is 2. The third kappa shape index (κ3) is 13.6. The average Bonchev–Trinajstić information content (AvgIpc) is 3.89. The Morgan fingerprint density at radius 3 is 1.21 bits per heavy atom. The van der Waals surface area contributed by atoms with Crippen LogP contribution in [-0.2, 0) is 48.3 Å². The van der Waals surface area contributed by atoms with Crippen molar-refractivity contribution < 1.29 is 55.7 Å². The number of ether oxygens (including phenoxy) is 2. The summed E-state index contributed by atoms with van der Waals surface area (Å²) in [5.41, 5.74) is 1.29. The first-order valence-electron chi connectivity index (χ1n) is 22.3.